The molecule has 1 fully saturated rings. The first kappa shape index (κ1) is 7.07. The lowest BCUT2D eigenvalue weighted by Gasteiger charge is -2.26. The summed E-state index contributed by atoms with van der Waals surface area (Å²) in [5.74, 6) is 0.910. The van der Waals surface area contributed by atoms with Crippen LogP contribution in [0, 0.1) is 5.92 Å². The molecule has 1 aliphatic heterocycles. The fourth-order valence-corrected chi connectivity index (χ4v) is 1.41. The molecule has 0 aromatic rings. The third-order valence-corrected chi connectivity index (χ3v) is 2.26. The van der Waals surface area contributed by atoms with E-state index in [0.717, 1.165) is 12.0 Å². The zero-order chi connectivity index (χ0) is 6.69. The predicted octanol–water partition coefficient (Wildman–Crippen LogP) is 1.78. The first-order valence-corrected chi connectivity index (χ1v) is 4.06. The second-order valence-corrected chi connectivity index (χ2v) is 3.20. The van der Waals surface area contributed by atoms with Crippen molar-refractivity contribution in [2.45, 2.75) is 39.2 Å². The Labute approximate surface area is 57.8 Å². The lowest BCUT2D eigenvalue weighted by molar-refractivity contribution is 0.322. The Kier molecular flexibility index (Phi) is 2.52. The van der Waals surface area contributed by atoms with Gasteiger partial charge in [0.1, 0.15) is 0 Å². The molecular formula is C8H17N. The van der Waals surface area contributed by atoms with Crippen molar-refractivity contribution >= 4 is 0 Å². The van der Waals surface area contributed by atoms with Gasteiger partial charge in [0, 0.05) is 6.04 Å². The van der Waals surface area contributed by atoms with Crippen molar-refractivity contribution in [3.8, 4) is 0 Å². The smallest absolute Gasteiger partial charge is 0.00646 e. The highest BCUT2D eigenvalue weighted by atomic mass is 14.9. The van der Waals surface area contributed by atoms with Gasteiger partial charge in [-0.1, -0.05) is 13.8 Å². The van der Waals surface area contributed by atoms with Crippen molar-refractivity contribution < 1.29 is 0 Å². The van der Waals surface area contributed by atoms with Gasteiger partial charge < -0.3 is 5.32 Å². The highest BCUT2D eigenvalue weighted by Gasteiger charge is 2.14. The molecule has 9 heavy (non-hydrogen) atoms. The largest absolute Gasteiger partial charge is 0.314 e. The minimum Gasteiger partial charge on any atom is -0.314 e. The van der Waals surface area contributed by atoms with Crippen LogP contribution in [0.5, 0.6) is 0 Å². The average Bonchev–Trinajstić information content (AvgIpc) is 1.90. The molecule has 0 bridgehead atoms. The van der Waals surface area contributed by atoms with Crippen molar-refractivity contribution in [2.24, 2.45) is 5.92 Å². The summed E-state index contributed by atoms with van der Waals surface area (Å²) in [7, 11) is 0. The van der Waals surface area contributed by atoms with Gasteiger partial charge in [0.2, 0.25) is 0 Å². The number of piperidine rings is 1. The molecule has 1 saturated heterocycles. The molecule has 0 aromatic heterocycles. The van der Waals surface area contributed by atoms with Crippen LogP contribution in [0.4, 0.5) is 0 Å². The van der Waals surface area contributed by atoms with E-state index in [1.165, 1.54) is 25.8 Å². The van der Waals surface area contributed by atoms with Crippen LogP contribution in [-0.2, 0) is 0 Å². The topological polar surface area (TPSA) is 12.0 Å². The standard InChI is InChI=1S/C8H17N/c1-3-8-5-4-7(2)6-9-8/h7-9H,3-6H2,1-2H3/t7?,8-/m1/s1. The normalized spacial score (nSPS) is 36.7. The van der Waals surface area contributed by atoms with Gasteiger partial charge in [0.25, 0.3) is 0 Å². The molecule has 1 N–H and O–H groups in total. The van der Waals surface area contributed by atoms with Gasteiger partial charge in [-0.2, -0.15) is 0 Å². The van der Waals surface area contributed by atoms with Gasteiger partial charge in [0.05, 0.1) is 0 Å². The maximum absolute atomic E-state index is 3.52. The molecule has 1 unspecified atom stereocenters. The van der Waals surface area contributed by atoms with Gasteiger partial charge in [-0.3, -0.25) is 0 Å². The molecule has 1 nitrogen and oxygen atoms in total. The van der Waals surface area contributed by atoms with Crippen LogP contribution in [0.2, 0.25) is 0 Å². The summed E-state index contributed by atoms with van der Waals surface area (Å²) >= 11 is 0. The molecule has 1 heterocycles. The van der Waals surface area contributed by atoms with Crippen LogP contribution in [0.15, 0.2) is 0 Å². The van der Waals surface area contributed by atoms with Crippen LogP contribution in [0.25, 0.3) is 0 Å². The monoisotopic (exact) mass is 127 g/mol. The number of hydrogen-bond donors (Lipinski definition) is 1. The minimum atomic E-state index is 0.821. The van der Waals surface area contributed by atoms with Gasteiger partial charge >= 0.3 is 0 Å². The molecule has 1 heteroatoms. The van der Waals surface area contributed by atoms with Gasteiger partial charge in [-0.25, -0.2) is 0 Å². The first-order valence-electron chi connectivity index (χ1n) is 4.06. The summed E-state index contributed by atoms with van der Waals surface area (Å²) in [5, 5.41) is 3.52. The lowest BCUT2D eigenvalue weighted by atomic mass is 9.95. The predicted molar refractivity (Wildman–Crippen MR) is 40.5 cm³/mol. The molecule has 0 aromatic carbocycles. The molecular weight excluding hydrogens is 110 g/mol. The van der Waals surface area contributed by atoms with Crippen molar-refractivity contribution in [1.82, 2.24) is 5.32 Å². The quantitative estimate of drug-likeness (QED) is 0.566. The zero-order valence-corrected chi connectivity index (χ0v) is 6.48. The Morgan fingerprint density at radius 3 is 2.67 bits per heavy atom. The van der Waals surface area contributed by atoms with Crippen molar-refractivity contribution in [3.63, 3.8) is 0 Å². The molecule has 0 radical (unpaired) electrons. The van der Waals surface area contributed by atoms with Gasteiger partial charge in [0.15, 0.2) is 0 Å². The van der Waals surface area contributed by atoms with E-state index < -0.39 is 0 Å². The van der Waals surface area contributed by atoms with E-state index in [9.17, 15) is 0 Å². The average molecular weight is 127 g/mol. The van der Waals surface area contributed by atoms with Crippen LogP contribution in [0.3, 0.4) is 0 Å². The van der Waals surface area contributed by atoms with Crippen LogP contribution in [-0.4, -0.2) is 12.6 Å². The number of hydrogen-bond acceptors (Lipinski definition) is 1. The molecule has 2 atom stereocenters. The number of rotatable bonds is 1. The highest BCUT2D eigenvalue weighted by Crippen LogP contribution is 2.14. The van der Waals surface area contributed by atoms with Crippen molar-refractivity contribution in [2.75, 3.05) is 6.54 Å². The van der Waals surface area contributed by atoms with E-state index in [1.807, 2.05) is 0 Å². The van der Waals surface area contributed by atoms with E-state index in [1.54, 1.807) is 0 Å². The summed E-state index contributed by atoms with van der Waals surface area (Å²) in [4.78, 5) is 0. The highest BCUT2D eigenvalue weighted by molar-refractivity contribution is 4.73. The lowest BCUT2D eigenvalue weighted by Crippen LogP contribution is -2.37. The Morgan fingerprint density at radius 2 is 2.22 bits per heavy atom. The fourth-order valence-electron chi connectivity index (χ4n) is 1.41. The zero-order valence-electron chi connectivity index (χ0n) is 6.48. The maximum atomic E-state index is 3.52. The Morgan fingerprint density at radius 1 is 1.44 bits per heavy atom. The molecule has 54 valence electrons. The van der Waals surface area contributed by atoms with Crippen LogP contribution >= 0.6 is 0 Å². The van der Waals surface area contributed by atoms with E-state index >= 15 is 0 Å². The number of nitrogens with one attached hydrogen (secondary N) is 1. The Bertz CT molecular complexity index is 72.6. The third kappa shape index (κ3) is 1.98. The molecule has 0 aliphatic carbocycles. The Balaban J connectivity index is 2.18. The summed E-state index contributed by atoms with van der Waals surface area (Å²) in [6.45, 7) is 5.81. The molecule has 0 spiro atoms. The summed E-state index contributed by atoms with van der Waals surface area (Å²) in [5.41, 5.74) is 0. The van der Waals surface area contributed by atoms with Gasteiger partial charge in [-0.05, 0) is 31.7 Å². The van der Waals surface area contributed by atoms with Gasteiger partial charge in [-0.15, -0.1) is 0 Å². The Hall–Kier alpha value is -0.0400. The maximum Gasteiger partial charge on any atom is 0.00646 e. The first-order chi connectivity index (χ1) is 4.33. The second-order valence-electron chi connectivity index (χ2n) is 3.20. The van der Waals surface area contributed by atoms with Crippen LogP contribution in [0.1, 0.15) is 33.1 Å². The second kappa shape index (κ2) is 3.21. The fraction of sp³-hybridized carbons (Fsp3) is 1.00. The molecule has 0 amide bonds. The summed E-state index contributed by atoms with van der Waals surface area (Å²) in [6.07, 6.45) is 4.11. The van der Waals surface area contributed by atoms with Crippen molar-refractivity contribution in [1.29, 1.82) is 0 Å². The van der Waals surface area contributed by atoms with E-state index in [4.69, 9.17) is 0 Å². The molecule has 0 saturated carbocycles. The van der Waals surface area contributed by atoms with E-state index in [2.05, 4.69) is 19.2 Å². The van der Waals surface area contributed by atoms with E-state index in [-0.39, 0.29) is 0 Å². The third-order valence-electron chi connectivity index (χ3n) is 2.26. The van der Waals surface area contributed by atoms with Crippen molar-refractivity contribution in [3.05, 3.63) is 0 Å². The SMILES string of the molecule is CC[C@@H]1CCC(C)CN1. The minimum absolute atomic E-state index is 0.821. The van der Waals surface area contributed by atoms with Crippen LogP contribution < -0.4 is 5.32 Å². The molecule has 1 rings (SSSR count). The summed E-state index contributed by atoms with van der Waals surface area (Å²) < 4.78 is 0. The van der Waals surface area contributed by atoms with E-state index in [0.29, 0.717) is 0 Å². The summed E-state index contributed by atoms with van der Waals surface area (Å²) in [6, 6.07) is 0.821. The molecule has 1 aliphatic rings.